The third-order valence-corrected chi connectivity index (χ3v) is 4.74. The van der Waals surface area contributed by atoms with E-state index in [1.165, 1.54) is 5.56 Å². The Kier molecular flexibility index (Phi) is 4.63. The smallest absolute Gasteiger partial charge is 0.159 e. The number of aromatic nitrogens is 4. The Hall–Kier alpha value is -2.23. The van der Waals surface area contributed by atoms with Gasteiger partial charge in [0.15, 0.2) is 5.65 Å². The van der Waals surface area contributed by atoms with Gasteiger partial charge in [0.2, 0.25) is 0 Å². The standard InChI is InChI=1S/C21H28N4/c1-8-17-16(9-10-18(23-17)12(2)3)20-15(7)22-21-19(24-20)14(6)11-25(21)13(4)5/h9-13H,8H2,1-7H3. The van der Waals surface area contributed by atoms with Gasteiger partial charge in [-0.3, -0.25) is 4.98 Å². The van der Waals surface area contributed by atoms with Crippen LogP contribution in [0.4, 0.5) is 0 Å². The Morgan fingerprint density at radius 2 is 1.72 bits per heavy atom. The number of aryl methyl sites for hydroxylation is 3. The van der Waals surface area contributed by atoms with Crippen molar-refractivity contribution < 1.29 is 0 Å². The maximum atomic E-state index is 5.01. The van der Waals surface area contributed by atoms with Crippen LogP contribution in [0.15, 0.2) is 18.3 Å². The van der Waals surface area contributed by atoms with Crippen molar-refractivity contribution in [1.82, 2.24) is 19.5 Å². The summed E-state index contributed by atoms with van der Waals surface area (Å²) < 4.78 is 2.20. The number of nitrogens with zero attached hydrogens (tertiary/aromatic N) is 4. The molecule has 3 aromatic heterocycles. The van der Waals surface area contributed by atoms with Gasteiger partial charge in [-0.05, 0) is 57.7 Å². The quantitative estimate of drug-likeness (QED) is 0.642. The van der Waals surface area contributed by atoms with Crippen LogP contribution >= 0.6 is 0 Å². The van der Waals surface area contributed by atoms with E-state index in [0.717, 1.165) is 45.9 Å². The van der Waals surface area contributed by atoms with Crippen molar-refractivity contribution in [3.8, 4) is 11.3 Å². The summed E-state index contributed by atoms with van der Waals surface area (Å²) in [4.78, 5) is 14.8. The Labute approximate surface area is 150 Å². The van der Waals surface area contributed by atoms with E-state index < -0.39 is 0 Å². The van der Waals surface area contributed by atoms with Crippen molar-refractivity contribution in [2.45, 2.75) is 66.8 Å². The highest BCUT2D eigenvalue weighted by Gasteiger charge is 2.17. The number of fused-ring (bicyclic) bond motifs is 1. The third-order valence-electron chi connectivity index (χ3n) is 4.74. The molecule has 0 aliphatic heterocycles. The summed E-state index contributed by atoms with van der Waals surface area (Å²) in [6, 6.07) is 4.66. The van der Waals surface area contributed by atoms with E-state index in [1.54, 1.807) is 0 Å². The van der Waals surface area contributed by atoms with Gasteiger partial charge in [0.1, 0.15) is 5.52 Å². The van der Waals surface area contributed by atoms with Crippen LogP contribution in [0.25, 0.3) is 22.4 Å². The van der Waals surface area contributed by atoms with Crippen LogP contribution in [-0.4, -0.2) is 19.5 Å². The van der Waals surface area contributed by atoms with Crippen molar-refractivity contribution in [3.63, 3.8) is 0 Å². The molecule has 4 heteroatoms. The fraction of sp³-hybridized carbons (Fsp3) is 0.476. The second-order valence-electron chi connectivity index (χ2n) is 7.38. The van der Waals surface area contributed by atoms with Crippen LogP contribution in [0.2, 0.25) is 0 Å². The van der Waals surface area contributed by atoms with Gasteiger partial charge in [-0.1, -0.05) is 20.8 Å². The number of pyridine rings is 1. The largest absolute Gasteiger partial charge is 0.328 e. The van der Waals surface area contributed by atoms with Gasteiger partial charge in [-0.15, -0.1) is 0 Å². The molecule has 4 nitrogen and oxygen atoms in total. The summed E-state index contributed by atoms with van der Waals surface area (Å²) in [6.45, 7) is 15.0. The highest BCUT2D eigenvalue weighted by Crippen LogP contribution is 2.29. The predicted molar refractivity (Wildman–Crippen MR) is 104 cm³/mol. The molecule has 0 aliphatic carbocycles. The van der Waals surface area contributed by atoms with Crippen LogP contribution in [0.3, 0.4) is 0 Å². The molecule has 0 bridgehead atoms. The summed E-state index contributed by atoms with van der Waals surface area (Å²) in [5.41, 5.74) is 8.39. The first-order valence-electron chi connectivity index (χ1n) is 9.19. The highest BCUT2D eigenvalue weighted by molar-refractivity contribution is 5.80. The average molecular weight is 336 g/mol. The molecule has 3 aromatic rings. The first kappa shape index (κ1) is 17.6. The van der Waals surface area contributed by atoms with Gasteiger partial charge in [0, 0.05) is 29.2 Å². The zero-order valence-electron chi connectivity index (χ0n) is 16.4. The SMILES string of the molecule is CCc1nc(C(C)C)ccc1-c1nc2c(C)cn(C(C)C)c2nc1C. The summed E-state index contributed by atoms with van der Waals surface area (Å²) in [7, 11) is 0. The van der Waals surface area contributed by atoms with Crippen molar-refractivity contribution in [2.24, 2.45) is 0 Å². The topological polar surface area (TPSA) is 43.6 Å². The molecule has 3 rings (SSSR count). The first-order valence-corrected chi connectivity index (χ1v) is 9.19. The fourth-order valence-electron chi connectivity index (χ4n) is 3.26. The maximum absolute atomic E-state index is 5.01. The minimum absolute atomic E-state index is 0.369. The Balaban J connectivity index is 2.23. The lowest BCUT2D eigenvalue weighted by molar-refractivity contribution is 0.616. The molecule has 0 N–H and O–H groups in total. The zero-order valence-corrected chi connectivity index (χ0v) is 16.4. The second-order valence-corrected chi connectivity index (χ2v) is 7.38. The summed E-state index contributed by atoms with van der Waals surface area (Å²) in [6.07, 6.45) is 3.04. The molecular formula is C21H28N4. The predicted octanol–water partition coefficient (Wildman–Crippen LogP) is 5.38. The third kappa shape index (κ3) is 3.06. The van der Waals surface area contributed by atoms with E-state index in [4.69, 9.17) is 15.0 Å². The highest BCUT2D eigenvalue weighted by atomic mass is 15.1. The minimum atomic E-state index is 0.369. The Morgan fingerprint density at radius 1 is 1.00 bits per heavy atom. The lowest BCUT2D eigenvalue weighted by Crippen LogP contribution is -2.04. The molecule has 0 saturated carbocycles. The van der Waals surface area contributed by atoms with E-state index in [-0.39, 0.29) is 0 Å². The molecule has 0 aliphatic rings. The number of hydrogen-bond acceptors (Lipinski definition) is 3. The van der Waals surface area contributed by atoms with E-state index in [1.807, 2.05) is 6.92 Å². The summed E-state index contributed by atoms with van der Waals surface area (Å²) in [5.74, 6) is 0.427. The van der Waals surface area contributed by atoms with Gasteiger partial charge in [-0.2, -0.15) is 0 Å². The van der Waals surface area contributed by atoms with Gasteiger partial charge in [-0.25, -0.2) is 9.97 Å². The zero-order chi connectivity index (χ0) is 18.3. The van der Waals surface area contributed by atoms with Gasteiger partial charge in [0.25, 0.3) is 0 Å². The van der Waals surface area contributed by atoms with E-state index in [9.17, 15) is 0 Å². The van der Waals surface area contributed by atoms with Crippen LogP contribution in [-0.2, 0) is 6.42 Å². The van der Waals surface area contributed by atoms with E-state index in [0.29, 0.717) is 12.0 Å². The van der Waals surface area contributed by atoms with Crippen molar-refractivity contribution in [2.75, 3.05) is 0 Å². The first-order chi connectivity index (χ1) is 11.8. The molecule has 0 radical (unpaired) electrons. The molecule has 25 heavy (non-hydrogen) atoms. The lowest BCUT2D eigenvalue weighted by atomic mass is 10.0. The molecule has 0 aromatic carbocycles. The van der Waals surface area contributed by atoms with Crippen LogP contribution in [0, 0.1) is 13.8 Å². The monoisotopic (exact) mass is 336 g/mol. The summed E-state index contributed by atoms with van der Waals surface area (Å²) in [5, 5.41) is 0. The van der Waals surface area contributed by atoms with Gasteiger partial charge < -0.3 is 4.57 Å². The fourth-order valence-corrected chi connectivity index (χ4v) is 3.26. The second kappa shape index (κ2) is 6.58. The average Bonchev–Trinajstić information content (AvgIpc) is 2.89. The summed E-state index contributed by atoms with van der Waals surface area (Å²) >= 11 is 0. The van der Waals surface area contributed by atoms with Crippen molar-refractivity contribution >= 4 is 11.2 Å². The van der Waals surface area contributed by atoms with Crippen LogP contribution < -0.4 is 0 Å². The molecule has 0 saturated heterocycles. The Morgan fingerprint density at radius 3 is 2.32 bits per heavy atom. The molecule has 3 heterocycles. The molecule has 0 unspecified atom stereocenters. The molecule has 0 amide bonds. The van der Waals surface area contributed by atoms with E-state index >= 15 is 0 Å². The van der Waals surface area contributed by atoms with Crippen molar-refractivity contribution in [3.05, 3.63) is 41.0 Å². The molecule has 0 fully saturated rings. The normalized spacial score (nSPS) is 11.9. The van der Waals surface area contributed by atoms with Gasteiger partial charge >= 0.3 is 0 Å². The van der Waals surface area contributed by atoms with Crippen LogP contribution in [0.1, 0.15) is 69.2 Å². The minimum Gasteiger partial charge on any atom is -0.328 e. The molecule has 0 atom stereocenters. The van der Waals surface area contributed by atoms with Gasteiger partial charge in [0.05, 0.1) is 11.4 Å². The Bertz CT molecular complexity index is 919. The molecule has 132 valence electrons. The number of rotatable bonds is 4. The maximum Gasteiger partial charge on any atom is 0.159 e. The van der Waals surface area contributed by atoms with Crippen molar-refractivity contribution in [1.29, 1.82) is 0 Å². The molecular weight excluding hydrogens is 308 g/mol. The molecule has 0 spiro atoms. The lowest BCUT2D eigenvalue weighted by Gasteiger charge is -2.14. The van der Waals surface area contributed by atoms with Crippen LogP contribution in [0.5, 0.6) is 0 Å². The van der Waals surface area contributed by atoms with E-state index in [2.05, 4.69) is 64.4 Å². The number of hydrogen-bond donors (Lipinski definition) is 0.